The average Bonchev–Trinajstić information content (AvgIpc) is 3.08. The molecule has 5 nitrogen and oxygen atoms in total. The lowest BCUT2D eigenvalue weighted by molar-refractivity contribution is -0.143. The summed E-state index contributed by atoms with van der Waals surface area (Å²) in [6.45, 7) is 3.88. The topological polar surface area (TPSA) is 60.7 Å². The van der Waals surface area contributed by atoms with E-state index in [4.69, 9.17) is 16.3 Å². The number of carbonyl (C=O) groups is 2. The molecule has 0 fully saturated rings. The van der Waals surface area contributed by atoms with Crippen molar-refractivity contribution in [1.82, 2.24) is 4.57 Å². The maximum absolute atomic E-state index is 12.9. The molecule has 4 rings (SSSR count). The zero-order valence-corrected chi connectivity index (χ0v) is 18.1. The molecule has 0 saturated carbocycles. The molecule has 0 aliphatic heterocycles. The fourth-order valence-corrected chi connectivity index (χ4v) is 4.60. The smallest absolute Gasteiger partial charge is 0.326 e. The lowest BCUT2D eigenvalue weighted by Gasteiger charge is -2.08. The number of hydrogen-bond donors (Lipinski definition) is 0. The molecule has 0 N–H and O–H groups in total. The van der Waals surface area contributed by atoms with Crippen LogP contribution in [0.15, 0.2) is 59.6 Å². The largest absolute Gasteiger partial charge is 0.465 e. The number of halogens is 1. The van der Waals surface area contributed by atoms with Crippen LogP contribution in [0, 0.1) is 6.92 Å². The van der Waals surface area contributed by atoms with Gasteiger partial charge in [-0.2, -0.15) is 4.99 Å². The highest BCUT2D eigenvalue weighted by molar-refractivity contribution is 7.16. The molecule has 1 amide bonds. The van der Waals surface area contributed by atoms with Gasteiger partial charge in [-0.05, 0) is 54.4 Å². The zero-order chi connectivity index (χ0) is 21.3. The zero-order valence-electron chi connectivity index (χ0n) is 16.5. The second-order valence-corrected chi connectivity index (χ2v) is 8.19. The Balaban J connectivity index is 1.85. The van der Waals surface area contributed by atoms with E-state index in [1.807, 2.05) is 49.4 Å². The number of esters is 1. The van der Waals surface area contributed by atoms with Gasteiger partial charge in [-0.15, -0.1) is 0 Å². The third-order valence-corrected chi connectivity index (χ3v) is 6.27. The minimum absolute atomic E-state index is 0.0428. The van der Waals surface area contributed by atoms with Gasteiger partial charge in [0.25, 0.3) is 5.91 Å². The summed E-state index contributed by atoms with van der Waals surface area (Å²) in [7, 11) is 0. The Hall–Kier alpha value is -2.96. The third kappa shape index (κ3) is 3.88. The van der Waals surface area contributed by atoms with Gasteiger partial charge in [-0.25, -0.2) is 0 Å². The molecule has 0 aliphatic rings. The summed E-state index contributed by atoms with van der Waals surface area (Å²) in [5.74, 6) is -0.759. The molecule has 0 aliphatic carbocycles. The molecule has 0 spiro atoms. The Kier molecular flexibility index (Phi) is 5.70. The highest BCUT2D eigenvalue weighted by Crippen LogP contribution is 2.27. The number of thiazole rings is 1. The second-order valence-electron chi connectivity index (χ2n) is 6.77. The van der Waals surface area contributed by atoms with Crippen molar-refractivity contribution in [2.75, 3.05) is 6.61 Å². The molecule has 0 bridgehead atoms. The number of aryl methyl sites for hydroxylation is 1. The second kappa shape index (κ2) is 8.42. The summed E-state index contributed by atoms with van der Waals surface area (Å²) in [4.78, 5) is 29.9. The van der Waals surface area contributed by atoms with Crippen molar-refractivity contribution in [3.63, 3.8) is 0 Å². The van der Waals surface area contributed by atoms with Gasteiger partial charge < -0.3 is 9.30 Å². The Morgan fingerprint density at radius 3 is 2.63 bits per heavy atom. The number of ether oxygens (including phenoxy) is 1. The maximum atomic E-state index is 12.9. The predicted molar refractivity (Wildman–Crippen MR) is 120 cm³/mol. The van der Waals surface area contributed by atoms with Crippen LogP contribution >= 0.6 is 22.9 Å². The van der Waals surface area contributed by atoms with Crippen LogP contribution in [0.5, 0.6) is 0 Å². The minimum atomic E-state index is -0.392. The first-order valence-electron chi connectivity index (χ1n) is 9.50. The van der Waals surface area contributed by atoms with Gasteiger partial charge in [0.1, 0.15) is 6.54 Å². The van der Waals surface area contributed by atoms with Gasteiger partial charge in [0.2, 0.25) is 0 Å². The predicted octanol–water partition coefficient (Wildman–Crippen LogP) is 5.12. The summed E-state index contributed by atoms with van der Waals surface area (Å²) in [5.41, 5.74) is 2.10. The lowest BCUT2D eigenvalue weighted by Crippen LogP contribution is -2.23. The van der Waals surface area contributed by atoms with Crippen LogP contribution in [-0.4, -0.2) is 23.1 Å². The van der Waals surface area contributed by atoms with E-state index in [0.29, 0.717) is 15.4 Å². The van der Waals surface area contributed by atoms with Gasteiger partial charge >= 0.3 is 5.97 Å². The summed E-state index contributed by atoms with van der Waals surface area (Å²) >= 11 is 7.64. The van der Waals surface area contributed by atoms with E-state index >= 15 is 0 Å². The van der Waals surface area contributed by atoms with Gasteiger partial charge in [-0.3, -0.25) is 9.59 Å². The van der Waals surface area contributed by atoms with Crippen LogP contribution in [0.25, 0.3) is 21.0 Å². The molecule has 0 saturated heterocycles. The monoisotopic (exact) mass is 438 g/mol. The van der Waals surface area contributed by atoms with E-state index in [-0.39, 0.29) is 19.1 Å². The fourth-order valence-electron chi connectivity index (χ4n) is 3.36. The van der Waals surface area contributed by atoms with Crippen molar-refractivity contribution >= 4 is 55.8 Å². The molecular formula is C23H19ClN2O3S. The van der Waals surface area contributed by atoms with Crippen molar-refractivity contribution in [2.45, 2.75) is 20.4 Å². The van der Waals surface area contributed by atoms with E-state index < -0.39 is 5.97 Å². The van der Waals surface area contributed by atoms with Crippen LogP contribution in [0.1, 0.15) is 22.8 Å². The van der Waals surface area contributed by atoms with Crippen molar-refractivity contribution in [2.24, 2.45) is 4.99 Å². The first-order chi connectivity index (χ1) is 14.5. The summed E-state index contributed by atoms with van der Waals surface area (Å²) in [6, 6.07) is 17.0. The molecule has 0 unspecified atom stereocenters. The van der Waals surface area contributed by atoms with E-state index in [1.165, 1.54) is 11.3 Å². The number of nitrogens with zero attached hydrogens (tertiary/aromatic N) is 2. The Morgan fingerprint density at radius 2 is 1.87 bits per heavy atom. The number of carbonyl (C=O) groups excluding carboxylic acids is 2. The highest BCUT2D eigenvalue weighted by atomic mass is 35.5. The van der Waals surface area contributed by atoms with Crippen LogP contribution in [-0.2, 0) is 16.1 Å². The minimum Gasteiger partial charge on any atom is -0.465 e. The first kappa shape index (κ1) is 20.3. The standard InChI is InChI=1S/C23H19ClN2O3S/c1-3-29-20(27)13-26-21-14(2)18(24)10-11-19(21)30-23(26)25-22(28)17-9-8-15-6-4-5-7-16(15)12-17/h4-12H,3,13H2,1-2H3. The van der Waals surface area contributed by atoms with Crippen LogP contribution in [0.2, 0.25) is 5.02 Å². The molecule has 7 heteroatoms. The van der Waals surface area contributed by atoms with Gasteiger partial charge in [0.05, 0.1) is 16.8 Å². The normalized spacial score (nSPS) is 11.9. The number of rotatable bonds is 4. The molecule has 3 aromatic carbocycles. The number of hydrogen-bond acceptors (Lipinski definition) is 4. The van der Waals surface area contributed by atoms with Crippen molar-refractivity contribution in [1.29, 1.82) is 0 Å². The maximum Gasteiger partial charge on any atom is 0.326 e. The fraction of sp³-hybridized carbons (Fsp3) is 0.174. The number of benzene rings is 3. The van der Waals surface area contributed by atoms with E-state index in [2.05, 4.69) is 4.99 Å². The van der Waals surface area contributed by atoms with Crippen molar-refractivity contribution in [3.05, 3.63) is 75.5 Å². The molecule has 0 atom stereocenters. The van der Waals surface area contributed by atoms with Gasteiger partial charge in [-0.1, -0.05) is 53.3 Å². The highest BCUT2D eigenvalue weighted by Gasteiger charge is 2.16. The summed E-state index contributed by atoms with van der Waals surface area (Å²) in [5, 5.41) is 2.61. The lowest BCUT2D eigenvalue weighted by atomic mass is 10.1. The number of aromatic nitrogens is 1. The van der Waals surface area contributed by atoms with E-state index in [1.54, 1.807) is 23.6 Å². The van der Waals surface area contributed by atoms with Crippen molar-refractivity contribution < 1.29 is 14.3 Å². The summed E-state index contributed by atoms with van der Waals surface area (Å²) in [6.07, 6.45) is 0. The van der Waals surface area contributed by atoms with E-state index in [9.17, 15) is 9.59 Å². The first-order valence-corrected chi connectivity index (χ1v) is 10.7. The molecular weight excluding hydrogens is 420 g/mol. The van der Waals surface area contributed by atoms with Gasteiger partial charge in [0.15, 0.2) is 4.80 Å². The van der Waals surface area contributed by atoms with Crippen LogP contribution in [0.4, 0.5) is 0 Å². The molecule has 30 heavy (non-hydrogen) atoms. The summed E-state index contributed by atoms with van der Waals surface area (Å²) < 4.78 is 7.71. The number of fused-ring (bicyclic) bond motifs is 2. The quantitative estimate of drug-likeness (QED) is 0.415. The molecule has 1 heterocycles. The number of amides is 1. The average molecular weight is 439 g/mol. The molecule has 1 aromatic heterocycles. The van der Waals surface area contributed by atoms with Crippen LogP contribution in [0.3, 0.4) is 0 Å². The molecule has 4 aromatic rings. The third-order valence-electron chi connectivity index (χ3n) is 4.82. The molecule has 0 radical (unpaired) electrons. The van der Waals surface area contributed by atoms with E-state index in [0.717, 1.165) is 26.6 Å². The van der Waals surface area contributed by atoms with Crippen molar-refractivity contribution in [3.8, 4) is 0 Å². The Morgan fingerprint density at radius 1 is 1.10 bits per heavy atom. The molecule has 152 valence electrons. The van der Waals surface area contributed by atoms with Gasteiger partial charge in [0, 0.05) is 10.6 Å². The SMILES string of the molecule is CCOC(=O)Cn1c(=NC(=O)c2ccc3ccccc3c2)sc2ccc(Cl)c(C)c21. The Labute approximate surface area is 182 Å². The Bertz CT molecular complexity index is 1350. The van der Waals surface area contributed by atoms with Crippen LogP contribution < -0.4 is 4.80 Å².